The fraction of sp³-hybridized carbons (Fsp3) is 0.400. The van der Waals surface area contributed by atoms with E-state index in [4.69, 9.17) is 10.5 Å². The second-order valence-corrected chi connectivity index (χ2v) is 6.60. The van der Waals surface area contributed by atoms with Crippen LogP contribution in [0.3, 0.4) is 0 Å². The van der Waals surface area contributed by atoms with Gasteiger partial charge >= 0.3 is 0 Å². The van der Waals surface area contributed by atoms with E-state index in [1.807, 2.05) is 18.2 Å². The van der Waals surface area contributed by atoms with Crippen LogP contribution in [-0.2, 0) is 5.41 Å². The van der Waals surface area contributed by atoms with Crippen LogP contribution in [0.25, 0.3) is 10.2 Å². The molecule has 0 aliphatic heterocycles. The van der Waals surface area contributed by atoms with Gasteiger partial charge in [-0.05, 0) is 18.2 Å². The first kappa shape index (κ1) is 17.9. The van der Waals surface area contributed by atoms with Crippen molar-refractivity contribution in [1.82, 2.24) is 4.98 Å². The maximum Gasteiger partial charge on any atom is 0.139 e. The maximum atomic E-state index is 13.2. The number of fused-ring (bicyclic) bond motifs is 1. The van der Waals surface area contributed by atoms with Crippen molar-refractivity contribution in [3.8, 4) is 5.75 Å². The summed E-state index contributed by atoms with van der Waals surface area (Å²) < 4.78 is 19.7. The van der Waals surface area contributed by atoms with Gasteiger partial charge < -0.3 is 10.5 Å². The van der Waals surface area contributed by atoms with Crippen molar-refractivity contribution in [3.63, 3.8) is 0 Å². The molecule has 1 heterocycles. The molecule has 21 heavy (non-hydrogen) atoms. The number of benzene rings is 1. The van der Waals surface area contributed by atoms with Crippen LogP contribution in [0.15, 0.2) is 30.1 Å². The SMILES string of the molecule is CC(C)(C)c1nc2cc(OC/C(F)=C/CN)ccc2s1.Cl. The Morgan fingerprint density at radius 1 is 1.43 bits per heavy atom. The van der Waals surface area contributed by atoms with Gasteiger partial charge in [-0.25, -0.2) is 9.37 Å². The summed E-state index contributed by atoms with van der Waals surface area (Å²) in [5, 5.41) is 1.08. The van der Waals surface area contributed by atoms with Crippen molar-refractivity contribution >= 4 is 34.0 Å². The lowest BCUT2D eigenvalue weighted by Crippen LogP contribution is -2.09. The van der Waals surface area contributed by atoms with Crippen molar-refractivity contribution in [2.24, 2.45) is 5.73 Å². The summed E-state index contributed by atoms with van der Waals surface area (Å²) in [6, 6.07) is 5.64. The lowest BCUT2D eigenvalue weighted by Gasteiger charge is -2.13. The van der Waals surface area contributed by atoms with E-state index in [0.717, 1.165) is 15.2 Å². The molecule has 0 saturated heterocycles. The third kappa shape index (κ3) is 4.66. The van der Waals surface area contributed by atoms with Gasteiger partial charge in [0.2, 0.25) is 0 Å². The zero-order valence-electron chi connectivity index (χ0n) is 12.4. The first-order valence-corrected chi connectivity index (χ1v) is 7.30. The first-order chi connectivity index (χ1) is 9.40. The molecule has 3 nitrogen and oxygen atoms in total. The predicted molar refractivity (Wildman–Crippen MR) is 89.3 cm³/mol. The van der Waals surface area contributed by atoms with Crippen LogP contribution in [0.5, 0.6) is 5.75 Å². The van der Waals surface area contributed by atoms with Crippen molar-refractivity contribution in [3.05, 3.63) is 35.1 Å². The Morgan fingerprint density at radius 2 is 2.14 bits per heavy atom. The Balaban J connectivity index is 0.00000220. The molecule has 0 bridgehead atoms. The molecule has 0 fully saturated rings. The van der Waals surface area contributed by atoms with Gasteiger partial charge in [0.25, 0.3) is 0 Å². The van der Waals surface area contributed by atoms with Crippen LogP contribution in [0.1, 0.15) is 25.8 Å². The molecule has 0 unspecified atom stereocenters. The quantitative estimate of drug-likeness (QED) is 0.913. The minimum Gasteiger partial charge on any atom is -0.486 e. The van der Waals surface area contributed by atoms with E-state index in [2.05, 4.69) is 25.8 Å². The number of nitrogens with two attached hydrogens (primary N) is 1. The molecule has 1 aromatic heterocycles. The molecule has 1 aromatic carbocycles. The minimum atomic E-state index is -0.360. The van der Waals surface area contributed by atoms with E-state index in [9.17, 15) is 4.39 Å². The fourth-order valence-corrected chi connectivity index (χ4v) is 2.66. The number of ether oxygens (including phenoxy) is 1. The van der Waals surface area contributed by atoms with E-state index in [0.29, 0.717) is 5.75 Å². The largest absolute Gasteiger partial charge is 0.486 e. The average Bonchev–Trinajstić information content (AvgIpc) is 2.79. The minimum absolute atomic E-state index is 0. The van der Waals surface area contributed by atoms with Crippen LogP contribution < -0.4 is 10.5 Å². The molecule has 0 atom stereocenters. The number of rotatable bonds is 4. The molecule has 0 radical (unpaired) electrons. The Kier molecular flexibility index (Phi) is 6.13. The highest BCUT2D eigenvalue weighted by Gasteiger charge is 2.18. The highest BCUT2D eigenvalue weighted by molar-refractivity contribution is 7.18. The summed E-state index contributed by atoms with van der Waals surface area (Å²) in [6.07, 6.45) is 1.30. The molecule has 2 rings (SSSR count). The molecule has 6 heteroatoms. The molecular weight excluding hydrogens is 311 g/mol. The average molecular weight is 331 g/mol. The first-order valence-electron chi connectivity index (χ1n) is 6.48. The summed E-state index contributed by atoms with van der Waals surface area (Å²) in [6.45, 7) is 6.48. The third-order valence-electron chi connectivity index (χ3n) is 2.72. The van der Waals surface area contributed by atoms with E-state index < -0.39 is 0 Å². The zero-order valence-corrected chi connectivity index (χ0v) is 14.0. The second-order valence-electron chi connectivity index (χ2n) is 5.57. The summed E-state index contributed by atoms with van der Waals surface area (Å²) >= 11 is 1.68. The fourth-order valence-electron chi connectivity index (χ4n) is 1.66. The number of nitrogens with zero attached hydrogens (tertiary/aromatic N) is 1. The van der Waals surface area contributed by atoms with Crippen LogP contribution >= 0.6 is 23.7 Å². The van der Waals surface area contributed by atoms with Crippen molar-refractivity contribution in [1.29, 1.82) is 0 Å². The Labute approximate surface area is 134 Å². The summed E-state index contributed by atoms with van der Waals surface area (Å²) in [5.41, 5.74) is 6.15. The third-order valence-corrected chi connectivity index (χ3v) is 4.18. The van der Waals surface area contributed by atoms with E-state index in [1.54, 1.807) is 11.3 Å². The van der Waals surface area contributed by atoms with Crippen LogP contribution in [0.4, 0.5) is 4.39 Å². The van der Waals surface area contributed by atoms with Gasteiger partial charge in [0.1, 0.15) is 18.2 Å². The van der Waals surface area contributed by atoms with Crippen LogP contribution in [-0.4, -0.2) is 18.1 Å². The lowest BCUT2D eigenvalue weighted by molar-refractivity contribution is 0.318. The van der Waals surface area contributed by atoms with Crippen molar-refractivity contribution < 1.29 is 9.13 Å². The van der Waals surface area contributed by atoms with Gasteiger partial charge in [0, 0.05) is 18.0 Å². The summed E-state index contributed by atoms with van der Waals surface area (Å²) in [5.74, 6) is 0.255. The Hall–Kier alpha value is -1.17. The smallest absolute Gasteiger partial charge is 0.139 e. The molecule has 0 amide bonds. The number of hydrogen-bond acceptors (Lipinski definition) is 4. The Bertz CT molecular complexity index is 634. The highest BCUT2D eigenvalue weighted by atomic mass is 35.5. The molecule has 2 aromatic rings. The standard InChI is InChI=1S/C15H19FN2OS.ClH/c1-15(2,3)14-18-12-8-11(4-5-13(12)20-14)19-9-10(16)6-7-17;/h4-6,8H,7,9,17H2,1-3H3;1H/b10-6-;. The molecule has 2 N–H and O–H groups in total. The monoisotopic (exact) mass is 330 g/mol. The molecule has 0 aliphatic rings. The van der Waals surface area contributed by atoms with Gasteiger partial charge in [-0.15, -0.1) is 23.7 Å². The van der Waals surface area contributed by atoms with Gasteiger partial charge in [0.05, 0.1) is 15.2 Å². The molecular formula is C15H20ClFN2OS. The van der Waals surface area contributed by atoms with Crippen molar-refractivity contribution in [2.75, 3.05) is 13.2 Å². The van der Waals surface area contributed by atoms with Crippen LogP contribution in [0.2, 0.25) is 0 Å². The maximum absolute atomic E-state index is 13.2. The molecule has 116 valence electrons. The normalized spacial score (nSPS) is 12.3. The molecule has 0 spiro atoms. The lowest BCUT2D eigenvalue weighted by atomic mass is 9.98. The van der Waals surface area contributed by atoms with Gasteiger partial charge in [-0.2, -0.15) is 0 Å². The number of hydrogen-bond donors (Lipinski definition) is 1. The summed E-state index contributed by atoms with van der Waals surface area (Å²) in [7, 11) is 0. The Morgan fingerprint density at radius 3 is 2.76 bits per heavy atom. The topological polar surface area (TPSA) is 48.1 Å². The number of thiazole rings is 1. The zero-order chi connectivity index (χ0) is 14.8. The van der Waals surface area contributed by atoms with E-state index in [-0.39, 0.29) is 36.8 Å². The van der Waals surface area contributed by atoms with Crippen molar-refractivity contribution in [2.45, 2.75) is 26.2 Å². The van der Waals surface area contributed by atoms with Crippen LogP contribution in [0, 0.1) is 0 Å². The van der Waals surface area contributed by atoms with E-state index >= 15 is 0 Å². The molecule has 0 aliphatic carbocycles. The second kappa shape index (κ2) is 7.20. The predicted octanol–water partition coefficient (Wildman–Crippen LogP) is 4.21. The van der Waals surface area contributed by atoms with Gasteiger partial charge in [-0.1, -0.05) is 20.8 Å². The number of aromatic nitrogens is 1. The highest BCUT2D eigenvalue weighted by Crippen LogP contribution is 2.32. The number of halogens is 2. The molecule has 0 saturated carbocycles. The summed E-state index contributed by atoms with van der Waals surface area (Å²) in [4.78, 5) is 4.62. The van der Waals surface area contributed by atoms with Gasteiger partial charge in [-0.3, -0.25) is 0 Å². The van der Waals surface area contributed by atoms with Gasteiger partial charge in [0.15, 0.2) is 0 Å². The van der Waals surface area contributed by atoms with E-state index in [1.165, 1.54) is 6.08 Å².